The fraction of sp³-hybridized carbons (Fsp3) is 0.241. The summed E-state index contributed by atoms with van der Waals surface area (Å²) in [6.45, 7) is 6.33. The van der Waals surface area contributed by atoms with Gasteiger partial charge in [-0.2, -0.15) is 20.5 Å². The molecule has 8 heteroatoms. The molecule has 0 amide bonds. The van der Waals surface area contributed by atoms with E-state index in [-0.39, 0.29) is 0 Å². The third-order valence-corrected chi connectivity index (χ3v) is 7.16. The molecule has 1 fully saturated rings. The van der Waals surface area contributed by atoms with Crippen LogP contribution < -0.4 is 4.90 Å². The molecule has 0 saturated carbocycles. The summed E-state index contributed by atoms with van der Waals surface area (Å²) in [4.78, 5) is 2.45. The summed E-state index contributed by atoms with van der Waals surface area (Å²) >= 11 is 1.70. The van der Waals surface area contributed by atoms with Crippen molar-refractivity contribution in [2.75, 3.05) is 18.0 Å². The van der Waals surface area contributed by atoms with E-state index in [1.165, 1.54) is 29.8 Å². The summed E-state index contributed by atoms with van der Waals surface area (Å²) in [6.07, 6.45) is 3.87. The lowest BCUT2D eigenvalue weighted by Crippen LogP contribution is -2.28. The third kappa shape index (κ3) is 6.80. The Morgan fingerprint density at radius 1 is 0.568 bits per heavy atom. The molecule has 0 radical (unpaired) electrons. The zero-order valence-corrected chi connectivity index (χ0v) is 21.9. The van der Waals surface area contributed by atoms with Gasteiger partial charge in [0.2, 0.25) is 0 Å². The molecule has 0 unspecified atom stereocenters. The van der Waals surface area contributed by atoms with Gasteiger partial charge in [-0.25, -0.2) is 0 Å². The maximum Gasteiger partial charge on any atom is 0.140 e. The quantitative estimate of drug-likeness (QED) is 0.229. The topological polar surface area (TPSA) is 77.4 Å². The Morgan fingerprint density at radius 3 is 1.76 bits per heavy atom. The third-order valence-electron chi connectivity index (χ3n) is 6.13. The number of aryl methyl sites for hydroxylation is 2. The molecule has 186 valence electrons. The highest BCUT2D eigenvalue weighted by Gasteiger charge is 2.12. The minimum atomic E-state index is 0.748. The van der Waals surface area contributed by atoms with Gasteiger partial charge in [-0.15, -0.1) is 10.2 Å². The second-order valence-electron chi connectivity index (χ2n) is 9.08. The van der Waals surface area contributed by atoms with E-state index in [1.807, 2.05) is 86.6 Å². The molecule has 7 nitrogen and oxygen atoms in total. The second kappa shape index (κ2) is 11.8. The van der Waals surface area contributed by atoms with Crippen LogP contribution in [0, 0.1) is 13.8 Å². The average molecular weight is 508 g/mol. The van der Waals surface area contributed by atoms with Crippen molar-refractivity contribution in [3.05, 3.63) is 90.0 Å². The number of rotatable bonds is 7. The number of benzene rings is 3. The van der Waals surface area contributed by atoms with E-state index in [4.69, 9.17) is 0 Å². The molecule has 2 heterocycles. The largest absolute Gasteiger partial charge is 0.363 e. The van der Waals surface area contributed by atoms with Crippen LogP contribution in [0.25, 0.3) is 0 Å². The maximum absolute atomic E-state index is 4.47. The van der Waals surface area contributed by atoms with Gasteiger partial charge in [0.05, 0.1) is 33.4 Å². The summed E-state index contributed by atoms with van der Waals surface area (Å²) in [5, 5.41) is 28.4. The van der Waals surface area contributed by atoms with Gasteiger partial charge >= 0.3 is 0 Å². The van der Waals surface area contributed by atoms with Gasteiger partial charge in [0.1, 0.15) is 5.00 Å². The molecule has 0 bridgehead atoms. The number of piperidine rings is 1. The first kappa shape index (κ1) is 24.6. The minimum Gasteiger partial charge on any atom is -0.363 e. The second-order valence-corrected chi connectivity index (χ2v) is 10.1. The molecule has 1 aliphatic heterocycles. The zero-order valence-electron chi connectivity index (χ0n) is 21.1. The molecular weight excluding hydrogens is 478 g/mol. The van der Waals surface area contributed by atoms with Gasteiger partial charge in [0.15, 0.2) is 0 Å². The van der Waals surface area contributed by atoms with E-state index in [0.29, 0.717) is 0 Å². The van der Waals surface area contributed by atoms with Crippen molar-refractivity contribution in [3.63, 3.8) is 0 Å². The smallest absolute Gasteiger partial charge is 0.140 e. The Labute approximate surface area is 221 Å². The lowest BCUT2D eigenvalue weighted by Gasteiger charge is -2.26. The molecular formula is C29H29N7S. The summed E-state index contributed by atoms with van der Waals surface area (Å²) < 4.78 is 0. The van der Waals surface area contributed by atoms with Crippen LogP contribution in [0.15, 0.2) is 110 Å². The van der Waals surface area contributed by atoms with Gasteiger partial charge in [-0.05, 0) is 105 Å². The molecule has 1 aliphatic rings. The van der Waals surface area contributed by atoms with Gasteiger partial charge < -0.3 is 4.90 Å². The van der Waals surface area contributed by atoms with E-state index in [0.717, 1.165) is 52.1 Å². The number of nitrogens with zero attached hydrogens (tertiary/aromatic N) is 7. The highest BCUT2D eigenvalue weighted by atomic mass is 32.1. The molecule has 1 aromatic heterocycles. The van der Waals surface area contributed by atoms with E-state index < -0.39 is 0 Å². The average Bonchev–Trinajstić information content (AvgIpc) is 3.41. The Hall–Kier alpha value is -4.04. The first-order valence-electron chi connectivity index (χ1n) is 12.5. The standard InChI is InChI=1S/C29H29N7S/c1-21-6-8-23(9-7-21)30-31-24-10-12-25(13-11-24)32-33-26-14-15-27(22(2)20-26)34-35-28-16-17-29(37-28)36-18-4-3-5-19-36/h6-17,20H,3-5,18-19H2,1-2H3. The first-order chi connectivity index (χ1) is 18.1. The zero-order chi connectivity index (χ0) is 25.5. The van der Waals surface area contributed by atoms with Crippen LogP contribution in [0.4, 0.5) is 38.4 Å². The van der Waals surface area contributed by atoms with Crippen molar-refractivity contribution in [1.82, 2.24) is 0 Å². The SMILES string of the molecule is Cc1ccc(N=Nc2ccc(N=Nc3ccc(N=Nc4ccc(N5CCCCC5)s4)c(C)c3)cc2)cc1. The van der Waals surface area contributed by atoms with Crippen LogP contribution in [0.2, 0.25) is 0 Å². The van der Waals surface area contributed by atoms with Crippen molar-refractivity contribution in [1.29, 1.82) is 0 Å². The van der Waals surface area contributed by atoms with Crippen LogP contribution >= 0.6 is 11.3 Å². The Kier molecular flexibility index (Phi) is 7.86. The summed E-state index contributed by atoms with van der Waals surface area (Å²) in [5.74, 6) is 0. The predicted octanol–water partition coefficient (Wildman–Crippen LogP) is 10.6. The van der Waals surface area contributed by atoms with Crippen LogP contribution in [0.3, 0.4) is 0 Å². The van der Waals surface area contributed by atoms with Gasteiger partial charge in [-0.1, -0.05) is 29.0 Å². The van der Waals surface area contributed by atoms with Crippen molar-refractivity contribution in [3.8, 4) is 0 Å². The normalized spacial score (nSPS) is 14.4. The van der Waals surface area contributed by atoms with Crippen molar-refractivity contribution in [2.45, 2.75) is 33.1 Å². The molecule has 4 aromatic rings. The molecule has 37 heavy (non-hydrogen) atoms. The molecule has 0 N–H and O–H groups in total. The van der Waals surface area contributed by atoms with Crippen molar-refractivity contribution >= 4 is 49.8 Å². The van der Waals surface area contributed by atoms with E-state index >= 15 is 0 Å². The number of azo groups is 3. The molecule has 0 atom stereocenters. The Bertz CT molecular complexity index is 1410. The van der Waals surface area contributed by atoms with E-state index in [2.05, 4.69) is 41.7 Å². The fourth-order valence-electron chi connectivity index (χ4n) is 4.00. The van der Waals surface area contributed by atoms with Gasteiger partial charge in [0, 0.05) is 13.1 Å². The summed E-state index contributed by atoms with van der Waals surface area (Å²) in [5.41, 5.74) is 6.13. The minimum absolute atomic E-state index is 0.748. The monoisotopic (exact) mass is 507 g/mol. The fourth-order valence-corrected chi connectivity index (χ4v) is 4.88. The predicted molar refractivity (Wildman–Crippen MR) is 152 cm³/mol. The lowest BCUT2D eigenvalue weighted by atomic mass is 10.1. The molecule has 1 saturated heterocycles. The van der Waals surface area contributed by atoms with E-state index in [9.17, 15) is 0 Å². The number of hydrogen-bond donors (Lipinski definition) is 0. The number of anilines is 1. The Balaban J connectivity index is 1.19. The Morgan fingerprint density at radius 2 is 1.14 bits per heavy atom. The molecule has 5 rings (SSSR count). The molecule has 0 aliphatic carbocycles. The number of hydrogen-bond acceptors (Lipinski definition) is 8. The van der Waals surface area contributed by atoms with Crippen LogP contribution in [0.1, 0.15) is 30.4 Å². The lowest BCUT2D eigenvalue weighted by molar-refractivity contribution is 0.580. The van der Waals surface area contributed by atoms with Gasteiger partial charge in [0.25, 0.3) is 0 Å². The summed E-state index contributed by atoms with van der Waals surface area (Å²) in [6, 6.07) is 25.4. The van der Waals surface area contributed by atoms with Crippen molar-refractivity contribution < 1.29 is 0 Å². The van der Waals surface area contributed by atoms with Crippen LogP contribution in [-0.2, 0) is 0 Å². The van der Waals surface area contributed by atoms with E-state index in [1.54, 1.807) is 11.3 Å². The number of thiophene rings is 1. The molecule has 3 aromatic carbocycles. The van der Waals surface area contributed by atoms with Gasteiger partial charge in [-0.3, -0.25) is 0 Å². The van der Waals surface area contributed by atoms with Crippen LogP contribution in [-0.4, -0.2) is 13.1 Å². The van der Waals surface area contributed by atoms with Crippen molar-refractivity contribution in [2.24, 2.45) is 30.7 Å². The molecule has 0 spiro atoms. The highest BCUT2D eigenvalue weighted by Crippen LogP contribution is 2.35. The maximum atomic E-state index is 4.47. The summed E-state index contributed by atoms with van der Waals surface area (Å²) in [7, 11) is 0. The highest BCUT2D eigenvalue weighted by molar-refractivity contribution is 7.19. The van der Waals surface area contributed by atoms with Crippen LogP contribution in [0.5, 0.6) is 0 Å². The first-order valence-corrected chi connectivity index (χ1v) is 13.3.